The molecule has 1 amide bonds. The van der Waals surface area contributed by atoms with Crippen LogP contribution in [0, 0.1) is 0 Å². The Morgan fingerprint density at radius 2 is 2.22 bits per heavy atom. The molecule has 0 aromatic carbocycles. The summed E-state index contributed by atoms with van der Waals surface area (Å²) in [5.41, 5.74) is 0.324. The van der Waals surface area contributed by atoms with Crippen molar-refractivity contribution in [2.24, 2.45) is 0 Å². The number of morpholine rings is 1. The minimum atomic E-state index is -0.139. The first-order valence-electron chi connectivity index (χ1n) is 9.14. The first-order valence-corrected chi connectivity index (χ1v) is 9.14. The lowest BCUT2D eigenvalue weighted by atomic mass is 10.2. The summed E-state index contributed by atoms with van der Waals surface area (Å²) in [6.45, 7) is 5.09. The van der Waals surface area contributed by atoms with Gasteiger partial charge in [-0.15, -0.1) is 0 Å². The summed E-state index contributed by atoms with van der Waals surface area (Å²) in [5.74, 6) is 0.547. The summed E-state index contributed by atoms with van der Waals surface area (Å²) >= 11 is 0. The normalized spacial score (nSPS) is 20.5. The van der Waals surface area contributed by atoms with Gasteiger partial charge >= 0.3 is 0 Å². The van der Waals surface area contributed by atoms with E-state index in [1.165, 1.54) is 6.26 Å². The van der Waals surface area contributed by atoms with E-state index in [4.69, 9.17) is 13.9 Å². The zero-order valence-electron chi connectivity index (χ0n) is 15.0. The molecule has 2 aromatic rings. The summed E-state index contributed by atoms with van der Waals surface area (Å²) in [7, 11) is 0. The molecule has 27 heavy (non-hydrogen) atoms. The Balaban J connectivity index is 1.41. The van der Waals surface area contributed by atoms with Crippen LogP contribution >= 0.6 is 0 Å². The van der Waals surface area contributed by atoms with E-state index in [0.29, 0.717) is 63.5 Å². The summed E-state index contributed by atoms with van der Waals surface area (Å²) < 4.78 is 16.7. The fourth-order valence-corrected chi connectivity index (χ4v) is 3.21. The molecule has 0 bridgehead atoms. The van der Waals surface area contributed by atoms with Crippen molar-refractivity contribution in [3.05, 3.63) is 36.5 Å². The van der Waals surface area contributed by atoms with Crippen LogP contribution in [-0.2, 0) is 4.74 Å². The first kappa shape index (κ1) is 17.7. The SMILES string of the molecule is O=C(c1coc(N2CCOCC2)n1)N1CCNCC1COc1cccnc1. The van der Waals surface area contributed by atoms with Crippen molar-refractivity contribution in [2.45, 2.75) is 6.04 Å². The van der Waals surface area contributed by atoms with E-state index in [-0.39, 0.29) is 11.9 Å². The quantitative estimate of drug-likeness (QED) is 0.805. The Morgan fingerprint density at radius 1 is 1.33 bits per heavy atom. The summed E-state index contributed by atoms with van der Waals surface area (Å²) in [6, 6.07) is 4.05. The first-order chi connectivity index (χ1) is 13.3. The number of ether oxygens (including phenoxy) is 2. The predicted octanol–water partition coefficient (Wildman–Crippen LogP) is 0.399. The summed E-state index contributed by atoms with van der Waals surface area (Å²) in [4.78, 5) is 25.2. The number of rotatable bonds is 5. The molecule has 1 unspecified atom stereocenters. The lowest BCUT2D eigenvalue weighted by Crippen LogP contribution is -2.56. The molecule has 144 valence electrons. The molecule has 0 spiro atoms. The highest BCUT2D eigenvalue weighted by molar-refractivity contribution is 5.92. The topological polar surface area (TPSA) is 93.0 Å². The summed E-state index contributed by atoms with van der Waals surface area (Å²) in [5, 5.41) is 3.31. The minimum absolute atomic E-state index is 0.0880. The number of hydrogen-bond acceptors (Lipinski definition) is 8. The molecule has 2 aromatic heterocycles. The zero-order chi connectivity index (χ0) is 18.5. The highest BCUT2D eigenvalue weighted by Crippen LogP contribution is 2.18. The van der Waals surface area contributed by atoms with E-state index >= 15 is 0 Å². The Labute approximate surface area is 157 Å². The number of oxazole rings is 1. The van der Waals surface area contributed by atoms with Crippen LogP contribution in [0.3, 0.4) is 0 Å². The molecule has 2 saturated heterocycles. The monoisotopic (exact) mass is 373 g/mol. The average Bonchev–Trinajstić information content (AvgIpc) is 3.24. The third-order valence-electron chi connectivity index (χ3n) is 4.68. The van der Waals surface area contributed by atoms with Gasteiger partial charge in [0.15, 0.2) is 5.69 Å². The lowest BCUT2D eigenvalue weighted by Gasteiger charge is -2.35. The van der Waals surface area contributed by atoms with Crippen molar-refractivity contribution in [1.82, 2.24) is 20.2 Å². The molecule has 2 aliphatic heterocycles. The summed E-state index contributed by atoms with van der Waals surface area (Å²) in [6.07, 6.45) is 4.80. The molecule has 0 aliphatic carbocycles. The van der Waals surface area contributed by atoms with Crippen molar-refractivity contribution in [1.29, 1.82) is 0 Å². The van der Waals surface area contributed by atoms with Gasteiger partial charge in [0, 0.05) is 38.9 Å². The van der Waals surface area contributed by atoms with Gasteiger partial charge in [0.1, 0.15) is 18.6 Å². The van der Waals surface area contributed by atoms with Crippen LogP contribution in [0.4, 0.5) is 6.01 Å². The van der Waals surface area contributed by atoms with Crippen molar-refractivity contribution in [3.63, 3.8) is 0 Å². The number of aromatic nitrogens is 2. The second-order valence-electron chi connectivity index (χ2n) is 6.47. The smallest absolute Gasteiger partial charge is 0.298 e. The maximum Gasteiger partial charge on any atom is 0.298 e. The predicted molar refractivity (Wildman–Crippen MR) is 97.0 cm³/mol. The van der Waals surface area contributed by atoms with Gasteiger partial charge in [-0.3, -0.25) is 9.78 Å². The van der Waals surface area contributed by atoms with Gasteiger partial charge < -0.3 is 29.0 Å². The fourth-order valence-electron chi connectivity index (χ4n) is 3.21. The van der Waals surface area contributed by atoms with Crippen LogP contribution < -0.4 is 15.0 Å². The van der Waals surface area contributed by atoms with Crippen LogP contribution in [0.2, 0.25) is 0 Å². The Bertz CT molecular complexity index is 747. The molecular formula is C18H23N5O4. The molecule has 9 heteroatoms. The maximum atomic E-state index is 13.0. The number of carbonyl (C=O) groups excluding carboxylic acids is 1. The maximum absolute atomic E-state index is 13.0. The van der Waals surface area contributed by atoms with Crippen LogP contribution in [0.25, 0.3) is 0 Å². The van der Waals surface area contributed by atoms with E-state index in [9.17, 15) is 4.79 Å². The van der Waals surface area contributed by atoms with E-state index in [0.717, 1.165) is 6.54 Å². The Kier molecular flexibility index (Phi) is 5.50. The number of carbonyl (C=O) groups is 1. The number of nitrogens with one attached hydrogen (secondary N) is 1. The van der Waals surface area contributed by atoms with Crippen LogP contribution in [0.15, 0.2) is 35.2 Å². The third kappa shape index (κ3) is 4.20. The largest absolute Gasteiger partial charge is 0.490 e. The third-order valence-corrected chi connectivity index (χ3v) is 4.68. The van der Waals surface area contributed by atoms with Crippen LogP contribution in [0.1, 0.15) is 10.5 Å². The molecule has 4 heterocycles. The number of amides is 1. The number of piperazine rings is 1. The minimum Gasteiger partial charge on any atom is -0.490 e. The molecule has 2 fully saturated rings. The van der Waals surface area contributed by atoms with Crippen molar-refractivity contribution in [3.8, 4) is 5.75 Å². The van der Waals surface area contributed by atoms with Gasteiger partial charge in [-0.1, -0.05) is 0 Å². The average molecular weight is 373 g/mol. The Morgan fingerprint density at radius 3 is 3.04 bits per heavy atom. The number of anilines is 1. The van der Waals surface area contributed by atoms with Gasteiger partial charge in [-0.25, -0.2) is 0 Å². The molecular weight excluding hydrogens is 350 g/mol. The number of nitrogens with zero attached hydrogens (tertiary/aromatic N) is 4. The van der Waals surface area contributed by atoms with E-state index in [2.05, 4.69) is 15.3 Å². The van der Waals surface area contributed by atoms with Crippen LogP contribution in [0.5, 0.6) is 5.75 Å². The van der Waals surface area contributed by atoms with Gasteiger partial charge in [0.2, 0.25) is 0 Å². The van der Waals surface area contributed by atoms with Gasteiger partial charge in [0.05, 0.1) is 25.5 Å². The molecule has 0 saturated carbocycles. The second-order valence-corrected chi connectivity index (χ2v) is 6.47. The van der Waals surface area contributed by atoms with Gasteiger partial charge in [-0.05, 0) is 12.1 Å². The van der Waals surface area contributed by atoms with Crippen molar-refractivity contribution >= 4 is 11.9 Å². The highest BCUT2D eigenvalue weighted by atomic mass is 16.5. The molecule has 4 rings (SSSR count). The van der Waals surface area contributed by atoms with E-state index in [1.54, 1.807) is 17.3 Å². The van der Waals surface area contributed by atoms with Gasteiger partial charge in [0.25, 0.3) is 11.9 Å². The van der Waals surface area contributed by atoms with E-state index < -0.39 is 0 Å². The number of hydrogen-bond donors (Lipinski definition) is 1. The van der Waals surface area contributed by atoms with E-state index in [1.807, 2.05) is 17.0 Å². The number of pyridine rings is 1. The lowest BCUT2D eigenvalue weighted by molar-refractivity contribution is 0.0553. The van der Waals surface area contributed by atoms with Gasteiger partial charge in [-0.2, -0.15) is 4.98 Å². The van der Waals surface area contributed by atoms with Crippen molar-refractivity contribution < 1.29 is 18.7 Å². The second kappa shape index (κ2) is 8.36. The molecule has 1 atom stereocenters. The highest BCUT2D eigenvalue weighted by Gasteiger charge is 2.30. The molecule has 1 N–H and O–H groups in total. The molecule has 2 aliphatic rings. The standard InChI is InChI=1S/C18H23N5O4/c24-17(16-13-27-18(21-16)22-6-8-25-9-7-22)23-5-4-20-10-14(23)12-26-15-2-1-3-19-11-15/h1-3,11,13-14,20H,4-10,12H2. The zero-order valence-corrected chi connectivity index (χ0v) is 15.0. The fraction of sp³-hybridized carbons (Fsp3) is 0.500. The molecule has 0 radical (unpaired) electrons. The van der Waals surface area contributed by atoms with Crippen molar-refractivity contribution in [2.75, 3.05) is 57.4 Å². The van der Waals surface area contributed by atoms with Crippen LogP contribution in [-0.4, -0.2) is 79.4 Å². The molecule has 9 nitrogen and oxygen atoms in total. The Hall–Kier alpha value is -2.65.